The van der Waals surface area contributed by atoms with Gasteiger partial charge in [0, 0.05) is 0 Å². The Bertz CT molecular complexity index is 3.25. The maximum absolute atomic E-state index is 0. The third kappa shape index (κ3) is 8.83. The SMILES string of the molecule is Br.Br.Br.[CaH2]. The van der Waals surface area contributed by atoms with E-state index in [-0.39, 0.29) is 88.7 Å². The van der Waals surface area contributed by atoms with Crippen LogP contribution in [-0.4, -0.2) is 37.7 Å². The van der Waals surface area contributed by atoms with Crippen molar-refractivity contribution >= 4 is 88.7 Å². The Labute approximate surface area is 87.0 Å². The molecule has 0 radical (unpaired) electrons. The minimum absolute atomic E-state index is 0. The van der Waals surface area contributed by atoms with Gasteiger partial charge in [-0.25, -0.2) is 0 Å². The molecule has 0 spiro atoms. The number of halogens is 3. The van der Waals surface area contributed by atoms with E-state index in [1.165, 1.54) is 0 Å². The van der Waals surface area contributed by atoms with E-state index in [9.17, 15) is 0 Å². The van der Waals surface area contributed by atoms with Crippen molar-refractivity contribution in [2.24, 2.45) is 0 Å². The zero-order valence-electron chi connectivity index (χ0n) is 1.22. The second-order valence-corrected chi connectivity index (χ2v) is 0. The van der Waals surface area contributed by atoms with Gasteiger partial charge in [-0.05, 0) is 0 Å². The Morgan fingerprint density at radius 1 is 0.500 bits per heavy atom. The van der Waals surface area contributed by atoms with Crippen LogP contribution in [0.2, 0.25) is 0 Å². The first-order valence-corrected chi connectivity index (χ1v) is 0. The van der Waals surface area contributed by atoms with Crippen molar-refractivity contribution in [3.63, 3.8) is 0 Å². The van der Waals surface area contributed by atoms with Crippen LogP contribution in [0.15, 0.2) is 0 Å². The molecule has 0 amide bonds. The topological polar surface area (TPSA) is 0 Å². The Morgan fingerprint density at radius 2 is 0.500 bits per heavy atom. The van der Waals surface area contributed by atoms with E-state index in [4.69, 9.17) is 0 Å². The molecule has 0 saturated heterocycles. The van der Waals surface area contributed by atoms with Gasteiger partial charge in [0.2, 0.25) is 0 Å². The summed E-state index contributed by atoms with van der Waals surface area (Å²) >= 11 is 0. The predicted molar refractivity (Wildman–Crippen MR) is 39.5 cm³/mol. The summed E-state index contributed by atoms with van der Waals surface area (Å²) < 4.78 is 0. The fourth-order valence-corrected chi connectivity index (χ4v) is 0. The van der Waals surface area contributed by atoms with Gasteiger partial charge in [-0.1, -0.05) is 0 Å². The molecule has 0 nitrogen and oxygen atoms in total. The van der Waals surface area contributed by atoms with Crippen LogP contribution in [0.25, 0.3) is 0 Å². The van der Waals surface area contributed by atoms with Crippen molar-refractivity contribution in [1.29, 1.82) is 0 Å². The van der Waals surface area contributed by atoms with Crippen LogP contribution >= 0.6 is 50.9 Å². The second kappa shape index (κ2) is 17.3. The van der Waals surface area contributed by atoms with Gasteiger partial charge < -0.3 is 0 Å². The summed E-state index contributed by atoms with van der Waals surface area (Å²) in [7, 11) is 0. The van der Waals surface area contributed by atoms with E-state index >= 15 is 0 Å². The monoisotopic (exact) mass is 282 g/mol. The first-order chi connectivity index (χ1) is 0. The van der Waals surface area contributed by atoms with Crippen LogP contribution in [0.4, 0.5) is 0 Å². The zero-order valence-corrected chi connectivity index (χ0v) is 6.36. The van der Waals surface area contributed by atoms with Crippen molar-refractivity contribution in [1.82, 2.24) is 0 Å². The summed E-state index contributed by atoms with van der Waals surface area (Å²) in [5.41, 5.74) is 0. The zero-order chi connectivity index (χ0) is 0. The molecule has 0 fully saturated rings. The molecule has 0 bridgehead atoms. The molecule has 0 saturated carbocycles. The first-order valence-electron chi connectivity index (χ1n) is 0. The van der Waals surface area contributed by atoms with Crippen molar-refractivity contribution < 1.29 is 0 Å². The quantitative estimate of drug-likeness (QED) is 0.578. The van der Waals surface area contributed by atoms with Gasteiger partial charge in [-0.3, -0.25) is 0 Å². The Balaban J connectivity index is 0. The molecule has 0 atom stereocenters. The summed E-state index contributed by atoms with van der Waals surface area (Å²) in [5.74, 6) is 0. The van der Waals surface area contributed by atoms with Crippen molar-refractivity contribution in [2.75, 3.05) is 0 Å². The summed E-state index contributed by atoms with van der Waals surface area (Å²) in [6, 6.07) is 0. The maximum atomic E-state index is 0. The van der Waals surface area contributed by atoms with Crippen molar-refractivity contribution in [2.45, 2.75) is 0 Å². The number of hydrogen-bond acceptors (Lipinski definition) is 0. The van der Waals surface area contributed by atoms with E-state index in [0.29, 0.717) is 0 Å². The molecule has 0 aromatic heterocycles. The molecule has 0 heterocycles. The van der Waals surface area contributed by atoms with E-state index in [1.807, 2.05) is 0 Å². The van der Waals surface area contributed by atoms with Gasteiger partial charge in [-0.2, -0.15) is 0 Å². The van der Waals surface area contributed by atoms with Crippen LogP contribution in [0.3, 0.4) is 0 Å². The molecule has 28 valence electrons. The standard InChI is InChI=1S/3BrH.Ca.2H/h3*1H;;;. The Hall–Kier alpha value is 2.70. The van der Waals surface area contributed by atoms with Crippen LogP contribution < -0.4 is 0 Å². The van der Waals surface area contributed by atoms with Crippen molar-refractivity contribution in [3.05, 3.63) is 0 Å². The molecule has 4 heavy (non-hydrogen) atoms. The Kier molecular flexibility index (Phi) is 129. The fourth-order valence-electron chi connectivity index (χ4n) is 0. The molecule has 0 N–H and O–H groups in total. The van der Waals surface area contributed by atoms with E-state index in [0.717, 1.165) is 0 Å². The van der Waals surface area contributed by atoms with Gasteiger partial charge in [0.1, 0.15) is 0 Å². The molecule has 0 unspecified atom stereocenters. The molecule has 0 aliphatic carbocycles. The average molecular weight is 285 g/mol. The summed E-state index contributed by atoms with van der Waals surface area (Å²) in [5, 5.41) is 0. The first kappa shape index (κ1) is 29.9. The van der Waals surface area contributed by atoms with Crippen LogP contribution in [-0.2, 0) is 0 Å². The molecular weight excluding hydrogens is 280 g/mol. The van der Waals surface area contributed by atoms with Gasteiger partial charge in [0.05, 0.1) is 0 Å². The average Bonchev–Trinajstić information content (AvgIpc) is 0. The fraction of sp³-hybridized carbons (Fsp3) is 0. The molecule has 4 heteroatoms. The Morgan fingerprint density at radius 3 is 0.500 bits per heavy atom. The van der Waals surface area contributed by atoms with Gasteiger partial charge >= 0.3 is 37.7 Å². The number of hydrogen-bond donors (Lipinski definition) is 0. The molecule has 0 aromatic rings. The minimum atomic E-state index is 0. The normalized spacial score (nSPS) is 0. The second-order valence-electron chi connectivity index (χ2n) is 0. The van der Waals surface area contributed by atoms with E-state index in [1.54, 1.807) is 0 Å². The summed E-state index contributed by atoms with van der Waals surface area (Å²) in [4.78, 5) is 0. The molecule has 0 aliphatic rings. The van der Waals surface area contributed by atoms with Gasteiger partial charge in [-0.15, -0.1) is 50.9 Å². The van der Waals surface area contributed by atoms with E-state index in [2.05, 4.69) is 0 Å². The van der Waals surface area contributed by atoms with E-state index < -0.39 is 0 Å². The van der Waals surface area contributed by atoms with Crippen LogP contribution in [0.1, 0.15) is 0 Å². The van der Waals surface area contributed by atoms with Gasteiger partial charge in [0.25, 0.3) is 0 Å². The molecular formula is H5Br3Ca. The van der Waals surface area contributed by atoms with Crippen molar-refractivity contribution in [3.8, 4) is 0 Å². The predicted octanol–water partition coefficient (Wildman–Crippen LogP) is 0.817. The number of rotatable bonds is 0. The summed E-state index contributed by atoms with van der Waals surface area (Å²) in [6.45, 7) is 0. The van der Waals surface area contributed by atoms with Crippen LogP contribution in [0.5, 0.6) is 0 Å². The van der Waals surface area contributed by atoms with Gasteiger partial charge in [0.15, 0.2) is 0 Å². The molecule has 0 aromatic carbocycles. The molecule has 0 rings (SSSR count). The molecule has 0 aliphatic heterocycles. The third-order valence-electron chi connectivity index (χ3n) is 0. The van der Waals surface area contributed by atoms with Crippen LogP contribution in [0, 0.1) is 0 Å². The summed E-state index contributed by atoms with van der Waals surface area (Å²) in [6.07, 6.45) is 0. The third-order valence-corrected chi connectivity index (χ3v) is 0.